The van der Waals surface area contributed by atoms with Crippen molar-refractivity contribution in [2.45, 2.75) is 19.9 Å². The van der Waals surface area contributed by atoms with E-state index in [0.29, 0.717) is 5.69 Å². The number of hydrogen-bond donors (Lipinski definition) is 3. The van der Waals surface area contributed by atoms with Crippen molar-refractivity contribution in [2.75, 3.05) is 11.9 Å². The predicted octanol–water partition coefficient (Wildman–Crippen LogP) is 3.28. The van der Waals surface area contributed by atoms with E-state index in [0.717, 1.165) is 0 Å². The average Bonchev–Trinajstić information content (AvgIpc) is 2.35. The number of carboxylic acid groups (broad SMARTS) is 1. The van der Waals surface area contributed by atoms with E-state index in [4.69, 9.17) is 39.9 Å². The van der Waals surface area contributed by atoms with Crippen molar-refractivity contribution < 1.29 is 14.7 Å². The monoisotopic (exact) mass is 352 g/mol. The van der Waals surface area contributed by atoms with Crippen LogP contribution in [0.3, 0.4) is 0 Å². The topological polar surface area (TPSA) is 78.4 Å². The Labute approximate surface area is 137 Å². The van der Waals surface area contributed by atoms with E-state index in [1.165, 1.54) is 12.1 Å². The molecule has 21 heavy (non-hydrogen) atoms. The van der Waals surface area contributed by atoms with Gasteiger partial charge in [-0.15, -0.1) is 0 Å². The lowest BCUT2D eigenvalue weighted by Gasteiger charge is -2.17. The first-order valence-corrected chi connectivity index (χ1v) is 7.26. The summed E-state index contributed by atoms with van der Waals surface area (Å²) in [6, 6.07) is 2.05. The minimum absolute atomic E-state index is 0.149. The molecule has 0 spiro atoms. The molecule has 1 aromatic carbocycles. The highest BCUT2D eigenvalue weighted by atomic mass is 35.5. The van der Waals surface area contributed by atoms with Crippen LogP contribution in [0.25, 0.3) is 0 Å². The van der Waals surface area contributed by atoms with Gasteiger partial charge in [-0.3, -0.25) is 14.9 Å². The van der Waals surface area contributed by atoms with Crippen LogP contribution in [0.2, 0.25) is 15.1 Å². The standard InChI is InChI=1S/C13H15Cl3N2O3/c1-6(2)12(13(20)21)17-5-11(19)18-10-4-8(15)7(14)3-9(10)16/h3-4,6,12,17H,5H2,1-2H3,(H,18,19)(H,20,21). The first kappa shape index (κ1) is 18.0. The lowest BCUT2D eigenvalue weighted by Crippen LogP contribution is -2.44. The van der Waals surface area contributed by atoms with Gasteiger partial charge in [-0.05, 0) is 18.1 Å². The second-order valence-electron chi connectivity index (χ2n) is 4.74. The number of nitrogens with one attached hydrogen (secondary N) is 2. The summed E-state index contributed by atoms with van der Waals surface area (Å²) in [6.45, 7) is 3.34. The Hall–Kier alpha value is -1.01. The van der Waals surface area contributed by atoms with E-state index < -0.39 is 17.9 Å². The summed E-state index contributed by atoms with van der Waals surface area (Å²) in [4.78, 5) is 22.8. The van der Waals surface area contributed by atoms with Crippen LogP contribution in [0, 0.1) is 5.92 Å². The maximum atomic E-state index is 11.8. The second kappa shape index (κ2) is 7.84. The van der Waals surface area contributed by atoms with Gasteiger partial charge in [0.2, 0.25) is 5.91 Å². The minimum atomic E-state index is -1.01. The first-order valence-electron chi connectivity index (χ1n) is 6.13. The van der Waals surface area contributed by atoms with Crippen LogP contribution in [0.1, 0.15) is 13.8 Å². The van der Waals surface area contributed by atoms with Gasteiger partial charge in [0, 0.05) is 0 Å². The number of amides is 1. The number of rotatable bonds is 6. The second-order valence-corrected chi connectivity index (χ2v) is 5.96. The number of aliphatic carboxylic acids is 1. The van der Waals surface area contributed by atoms with E-state index in [1.807, 2.05) is 0 Å². The maximum absolute atomic E-state index is 11.8. The molecule has 8 heteroatoms. The van der Waals surface area contributed by atoms with E-state index in [-0.39, 0.29) is 27.5 Å². The molecule has 1 atom stereocenters. The Morgan fingerprint density at radius 2 is 1.71 bits per heavy atom. The molecule has 0 fully saturated rings. The van der Waals surface area contributed by atoms with Gasteiger partial charge in [0.1, 0.15) is 6.04 Å². The summed E-state index contributed by atoms with van der Waals surface area (Å²) in [7, 11) is 0. The molecule has 0 aliphatic rings. The molecule has 1 aromatic rings. The van der Waals surface area contributed by atoms with Crippen molar-refractivity contribution >= 4 is 52.4 Å². The summed E-state index contributed by atoms with van der Waals surface area (Å²) in [5.74, 6) is -1.59. The zero-order valence-corrected chi connectivity index (χ0v) is 13.7. The molecule has 0 radical (unpaired) electrons. The lowest BCUT2D eigenvalue weighted by molar-refractivity contribution is -0.140. The van der Waals surface area contributed by atoms with Gasteiger partial charge in [0.05, 0.1) is 27.3 Å². The number of carbonyl (C=O) groups is 2. The van der Waals surface area contributed by atoms with E-state index in [9.17, 15) is 9.59 Å². The van der Waals surface area contributed by atoms with E-state index in [2.05, 4.69) is 10.6 Å². The van der Waals surface area contributed by atoms with Crippen LogP contribution in [0.15, 0.2) is 12.1 Å². The average molecular weight is 354 g/mol. The van der Waals surface area contributed by atoms with Crippen molar-refractivity contribution in [2.24, 2.45) is 5.92 Å². The van der Waals surface area contributed by atoms with Crippen LogP contribution in [-0.2, 0) is 9.59 Å². The molecule has 0 aliphatic carbocycles. The van der Waals surface area contributed by atoms with Gasteiger partial charge in [-0.2, -0.15) is 0 Å². The minimum Gasteiger partial charge on any atom is -0.480 e. The molecule has 5 nitrogen and oxygen atoms in total. The molecule has 0 heterocycles. The van der Waals surface area contributed by atoms with Gasteiger partial charge >= 0.3 is 5.97 Å². The number of anilines is 1. The summed E-state index contributed by atoms with van der Waals surface area (Å²) in [5, 5.41) is 15.0. The van der Waals surface area contributed by atoms with Gasteiger partial charge in [-0.1, -0.05) is 48.7 Å². The molecule has 1 unspecified atom stereocenters. The number of carboxylic acids is 1. The summed E-state index contributed by atoms with van der Waals surface area (Å²) < 4.78 is 0. The Bertz CT molecular complexity index is 550. The van der Waals surface area contributed by atoms with Gasteiger partial charge in [0.15, 0.2) is 0 Å². The predicted molar refractivity (Wildman–Crippen MR) is 84.4 cm³/mol. The molecule has 3 N–H and O–H groups in total. The summed E-state index contributed by atoms with van der Waals surface area (Å²) in [5.41, 5.74) is 0.314. The highest BCUT2D eigenvalue weighted by molar-refractivity contribution is 6.44. The smallest absolute Gasteiger partial charge is 0.320 e. The molecule has 0 aromatic heterocycles. The highest BCUT2D eigenvalue weighted by Crippen LogP contribution is 2.32. The zero-order valence-electron chi connectivity index (χ0n) is 11.4. The Morgan fingerprint density at radius 3 is 2.24 bits per heavy atom. The molecule has 0 saturated heterocycles. The maximum Gasteiger partial charge on any atom is 0.320 e. The van der Waals surface area contributed by atoms with Crippen LogP contribution in [0.4, 0.5) is 5.69 Å². The molecule has 0 bridgehead atoms. The molecule has 0 saturated carbocycles. The SMILES string of the molecule is CC(C)C(NCC(=O)Nc1cc(Cl)c(Cl)cc1Cl)C(=O)O. The number of hydrogen-bond acceptors (Lipinski definition) is 3. The van der Waals surface area contributed by atoms with Gasteiger partial charge < -0.3 is 10.4 Å². The molecular formula is C13H15Cl3N2O3. The third-order valence-electron chi connectivity index (χ3n) is 2.70. The molecule has 0 aliphatic heterocycles. The fraction of sp³-hybridized carbons (Fsp3) is 0.385. The quantitative estimate of drug-likeness (QED) is 0.686. The zero-order chi connectivity index (χ0) is 16.2. The van der Waals surface area contributed by atoms with E-state index >= 15 is 0 Å². The molecule has 116 valence electrons. The fourth-order valence-corrected chi connectivity index (χ4v) is 2.22. The van der Waals surface area contributed by atoms with Crippen molar-refractivity contribution in [3.05, 3.63) is 27.2 Å². The normalized spacial score (nSPS) is 12.3. The molecule has 1 rings (SSSR count). The van der Waals surface area contributed by atoms with Crippen LogP contribution in [0.5, 0.6) is 0 Å². The van der Waals surface area contributed by atoms with Crippen LogP contribution >= 0.6 is 34.8 Å². The van der Waals surface area contributed by atoms with Gasteiger partial charge in [0.25, 0.3) is 0 Å². The number of benzene rings is 1. The lowest BCUT2D eigenvalue weighted by atomic mass is 10.1. The van der Waals surface area contributed by atoms with Crippen molar-refractivity contribution in [3.8, 4) is 0 Å². The van der Waals surface area contributed by atoms with Crippen molar-refractivity contribution in [3.63, 3.8) is 0 Å². The third kappa shape index (κ3) is 5.36. The fourth-order valence-electron chi connectivity index (χ4n) is 1.62. The number of halogens is 3. The van der Waals surface area contributed by atoms with Gasteiger partial charge in [-0.25, -0.2) is 0 Å². The van der Waals surface area contributed by atoms with Crippen molar-refractivity contribution in [1.82, 2.24) is 5.32 Å². The Kier molecular flexibility index (Phi) is 6.74. The highest BCUT2D eigenvalue weighted by Gasteiger charge is 2.21. The Balaban J connectivity index is 2.66. The Morgan fingerprint density at radius 1 is 1.14 bits per heavy atom. The third-order valence-corrected chi connectivity index (χ3v) is 3.73. The molecular weight excluding hydrogens is 339 g/mol. The summed E-state index contributed by atoms with van der Waals surface area (Å²) in [6.07, 6.45) is 0. The van der Waals surface area contributed by atoms with Crippen LogP contribution < -0.4 is 10.6 Å². The first-order chi connectivity index (χ1) is 9.72. The number of carbonyl (C=O) groups excluding carboxylic acids is 1. The summed E-state index contributed by atoms with van der Waals surface area (Å²) >= 11 is 17.6. The molecule has 1 amide bonds. The van der Waals surface area contributed by atoms with Crippen molar-refractivity contribution in [1.29, 1.82) is 0 Å². The van der Waals surface area contributed by atoms with E-state index in [1.54, 1.807) is 13.8 Å². The largest absolute Gasteiger partial charge is 0.480 e. The van der Waals surface area contributed by atoms with Crippen LogP contribution in [-0.4, -0.2) is 29.6 Å².